The molecule has 1 heterocycles. The molecule has 0 aromatic heterocycles. The highest BCUT2D eigenvalue weighted by atomic mass is 79.9. The van der Waals surface area contributed by atoms with Crippen LogP contribution in [0.2, 0.25) is 0 Å². The van der Waals surface area contributed by atoms with Crippen molar-refractivity contribution >= 4 is 37.7 Å². The van der Waals surface area contributed by atoms with Gasteiger partial charge in [-0.25, -0.2) is 8.42 Å². The minimum atomic E-state index is -4.99. The van der Waals surface area contributed by atoms with Crippen molar-refractivity contribution in [3.05, 3.63) is 52.5 Å². The van der Waals surface area contributed by atoms with E-state index < -0.39 is 32.4 Å². The molecule has 3 rings (SSSR count). The lowest BCUT2D eigenvalue weighted by Gasteiger charge is -2.25. The van der Waals surface area contributed by atoms with Gasteiger partial charge in [-0.2, -0.15) is 4.31 Å². The van der Waals surface area contributed by atoms with Gasteiger partial charge in [0.2, 0.25) is 10.0 Å². The van der Waals surface area contributed by atoms with Crippen molar-refractivity contribution < 1.29 is 31.1 Å². The van der Waals surface area contributed by atoms with Gasteiger partial charge in [-0.05, 0) is 45.8 Å². The molecular formula is C17H15BrF3NO4S2. The number of thioether (sulfide) groups is 1. The number of methoxy groups -OCH3 is 1. The highest BCUT2D eigenvalue weighted by molar-refractivity contribution is 9.10. The van der Waals surface area contributed by atoms with E-state index in [2.05, 4.69) is 20.7 Å². The summed E-state index contributed by atoms with van der Waals surface area (Å²) in [6, 6.07) is 9.91. The Hall–Kier alpha value is -1.43. The van der Waals surface area contributed by atoms with Crippen molar-refractivity contribution in [1.29, 1.82) is 0 Å². The number of rotatable bonds is 5. The normalized spacial score (nSPS) is 18.2. The van der Waals surface area contributed by atoms with E-state index in [4.69, 9.17) is 4.74 Å². The van der Waals surface area contributed by atoms with Crippen LogP contribution in [0.25, 0.3) is 0 Å². The van der Waals surface area contributed by atoms with E-state index in [0.717, 1.165) is 12.1 Å². The summed E-state index contributed by atoms with van der Waals surface area (Å²) in [6.07, 6.45) is -4.99. The van der Waals surface area contributed by atoms with E-state index in [1.807, 2.05) is 0 Å². The minimum Gasteiger partial charge on any atom is -0.496 e. The predicted molar refractivity (Wildman–Crippen MR) is 103 cm³/mol. The molecule has 0 N–H and O–H groups in total. The third kappa shape index (κ3) is 4.42. The summed E-state index contributed by atoms with van der Waals surface area (Å²) >= 11 is 4.76. The Labute approximate surface area is 173 Å². The van der Waals surface area contributed by atoms with E-state index >= 15 is 0 Å². The molecule has 1 unspecified atom stereocenters. The largest absolute Gasteiger partial charge is 0.573 e. The molecule has 28 heavy (non-hydrogen) atoms. The standard InChI is InChI=1S/C17H15BrF3NO4S2/c1-25-13-7-6-11(10-12(13)18)16-22(8-9-27-16)28(23,24)15-5-3-2-4-14(15)26-17(19,20)21/h2-7,10,16H,8-9H2,1H3. The zero-order valence-corrected chi connectivity index (χ0v) is 17.7. The van der Waals surface area contributed by atoms with Gasteiger partial charge in [-0.3, -0.25) is 0 Å². The van der Waals surface area contributed by atoms with Crippen molar-refractivity contribution in [2.75, 3.05) is 19.4 Å². The number of ether oxygens (including phenoxy) is 2. The monoisotopic (exact) mass is 497 g/mol. The molecule has 5 nitrogen and oxygen atoms in total. The van der Waals surface area contributed by atoms with Crippen LogP contribution in [0.3, 0.4) is 0 Å². The first-order valence-electron chi connectivity index (χ1n) is 7.95. The van der Waals surface area contributed by atoms with Gasteiger partial charge < -0.3 is 9.47 Å². The summed E-state index contributed by atoms with van der Waals surface area (Å²) in [5, 5.41) is -0.578. The fraction of sp³-hybridized carbons (Fsp3) is 0.294. The van der Waals surface area contributed by atoms with Crippen LogP contribution in [-0.2, 0) is 10.0 Å². The number of sulfonamides is 1. The minimum absolute atomic E-state index is 0.168. The van der Waals surface area contributed by atoms with E-state index in [0.29, 0.717) is 21.5 Å². The van der Waals surface area contributed by atoms with Crippen LogP contribution in [0.15, 0.2) is 51.8 Å². The summed E-state index contributed by atoms with van der Waals surface area (Å²) in [4.78, 5) is -0.521. The molecule has 1 fully saturated rings. The molecule has 0 radical (unpaired) electrons. The lowest BCUT2D eigenvalue weighted by Crippen LogP contribution is -2.31. The quantitative estimate of drug-likeness (QED) is 0.594. The molecule has 2 aromatic rings. The number of halogens is 4. The molecule has 0 saturated carbocycles. The summed E-state index contributed by atoms with van der Waals surface area (Å²) < 4.78 is 75.3. The predicted octanol–water partition coefficient (Wildman–Crippen LogP) is 4.79. The summed E-state index contributed by atoms with van der Waals surface area (Å²) in [7, 11) is -2.71. The second-order valence-electron chi connectivity index (χ2n) is 5.73. The Bertz CT molecular complexity index is 969. The van der Waals surface area contributed by atoms with Crippen LogP contribution in [0, 0.1) is 0 Å². The summed E-state index contributed by atoms with van der Waals surface area (Å²) in [6.45, 7) is 0.168. The lowest BCUT2D eigenvalue weighted by molar-refractivity contribution is -0.275. The number of para-hydroxylation sites is 1. The molecule has 152 valence electrons. The molecule has 11 heteroatoms. The molecule has 1 aliphatic heterocycles. The molecular weight excluding hydrogens is 483 g/mol. The van der Waals surface area contributed by atoms with Gasteiger partial charge in [0.1, 0.15) is 16.4 Å². The van der Waals surface area contributed by atoms with Crippen LogP contribution >= 0.6 is 27.7 Å². The number of benzene rings is 2. The third-order valence-corrected chi connectivity index (χ3v) is 7.89. The van der Waals surface area contributed by atoms with Gasteiger partial charge in [-0.1, -0.05) is 18.2 Å². The van der Waals surface area contributed by atoms with E-state index in [9.17, 15) is 21.6 Å². The maximum absolute atomic E-state index is 13.2. The second-order valence-corrected chi connectivity index (χ2v) is 9.63. The summed E-state index contributed by atoms with van der Waals surface area (Å²) in [5.41, 5.74) is 0.688. The van der Waals surface area contributed by atoms with Gasteiger partial charge in [0, 0.05) is 12.3 Å². The molecule has 1 atom stereocenters. The summed E-state index contributed by atoms with van der Waals surface area (Å²) in [5.74, 6) is 0.349. The van der Waals surface area contributed by atoms with Crippen LogP contribution in [-0.4, -0.2) is 38.5 Å². The first-order valence-corrected chi connectivity index (χ1v) is 11.2. The van der Waals surface area contributed by atoms with Crippen LogP contribution in [0.4, 0.5) is 13.2 Å². The van der Waals surface area contributed by atoms with Crippen LogP contribution in [0.5, 0.6) is 11.5 Å². The van der Waals surface area contributed by atoms with Gasteiger partial charge in [-0.15, -0.1) is 24.9 Å². The third-order valence-electron chi connectivity index (χ3n) is 3.97. The van der Waals surface area contributed by atoms with E-state index in [1.165, 1.54) is 35.3 Å². The van der Waals surface area contributed by atoms with Gasteiger partial charge in [0.05, 0.1) is 17.0 Å². The number of hydrogen-bond donors (Lipinski definition) is 0. The number of hydrogen-bond acceptors (Lipinski definition) is 5. The Morgan fingerprint density at radius 2 is 1.89 bits per heavy atom. The van der Waals surface area contributed by atoms with Crippen molar-refractivity contribution in [2.24, 2.45) is 0 Å². The Morgan fingerprint density at radius 1 is 1.18 bits per heavy atom. The molecule has 0 aliphatic carbocycles. The van der Waals surface area contributed by atoms with Gasteiger partial charge >= 0.3 is 6.36 Å². The smallest absolute Gasteiger partial charge is 0.496 e. The van der Waals surface area contributed by atoms with Crippen molar-refractivity contribution in [3.63, 3.8) is 0 Å². The highest BCUT2D eigenvalue weighted by Gasteiger charge is 2.40. The Kier molecular flexibility index (Phi) is 6.18. The zero-order valence-electron chi connectivity index (χ0n) is 14.4. The zero-order chi connectivity index (χ0) is 20.5. The van der Waals surface area contributed by atoms with Gasteiger partial charge in [0.15, 0.2) is 0 Å². The molecule has 0 spiro atoms. The Balaban J connectivity index is 1.99. The molecule has 2 aromatic carbocycles. The first-order chi connectivity index (χ1) is 13.1. The van der Waals surface area contributed by atoms with E-state index in [-0.39, 0.29) is 6.54 Å². The first kappa shape index (κ1) is 21.3. The molecule has 0 amide bonds. The van der Waals surface area contributed by atoms with E-state index in [1.54, 1.807) is 18.2 Å². The SMILES string of the molecule is COc1ccc(C2SCCN2S(=O)(=O)c2ccccc2OC(F)(F)F)cc1Br. The van der Waals surface area contributed by atoms with Crippen LogP contribution in [0.1, 0.15) is 10.9 Å². The average Bonchev–Trinajstić information content (AvgIpc) is 3.11. The fourth-order valence-corrected chi connectivity index (χ4v) is 6.70. The number of alkyl halides is 3. The topological polar surface area (TPSA) is 55.8 Å². The highest BCUT2D eigenvalue weighted by Crippen LogP contribution is 2.44. The second kappa shape index (κ2) is 8.13. The maximum atomic E-state index is 13.2. The average molecular weight is 498 g/mol. The Morgan fingerprint density at radius 3 is 2.54 bits per heavy atom. The van der Waals surface area contributed by atoms with Gasteiger partial charge in [0.25, 0.3) is 0 Å². The van der Waals surface area contributed by atoms with Crippen molar-refractivity contribution in [1.82, 2.24) is 4.31 Å². The van der Waals surface area contributed by atoms with Crippen molar-refractivity contribution in [2.45, 2.75) is 16.6 Å². The number of nitrogens with zero attached hydrogens (tertiary/aromatic N) is 1. The molecule has 1 saturated heterocycles. The molecule has 1 aliphatic rings. The fourth-order valence-electron chi connectivity index (χ4n) is 2.80. The van der Waals surface area contributed by atoms with Crippen molar-refractivity contribution in [3.8, 4) is 11.5 Å². The molecule has 0 bridgehead atoms. The maximum Gasteiger partial charge on any atom is 0.573 e. The van der Waals surface area contributed by atoms with Crippen LogP contribution < -0.4 is 9.47 Å². The lowest BCUT2D eigenvalue weighted by atomic mass is 10.2.